The van der Waals surface area contributed by atoms with E-state index in [1.165, 1.54) is 5.56 Å². The molecule has 0 aliphatic rings. The standard InChI is InChI=1S/C15H22O2.C4H10/c1-11(2)13-7-8-15(17-4)14(9-13)6-5-12(3)10-16;1-4(2)3/h5-9,11-12,16H,10H2,1-4H3;4H,1-3H3/b6-5+;/t12-;/m0./s1. The molecule has 0 unspecified atom stereocenters. The summed E-state index contributed by atoms with van der Waals surface area (Å²) in [6.45, 7) is 13.0. The predicted octanol–water partition coefficient (Wildman–Crippen LogP) is 5.12. The molecule has 0 amide bonds. The Morgan fingerprint density at radius 2 is 1.67 bits per heavy atom. The van der Waals surface area contributed by atoms with Crippen LogP contribution in [0.25, 0.3) is 6.08 Å². The quantitative estimate of drug-likeness (QED) is 0.816. The highest BCUT2D eigenvalue weighted by Crippen LogP contribution is 2.25. The number of aliphatic hydroxyl groups excluding tert-OH is 1. The molecule has 1 rings (SSSR count). The highest BCUT2D eigenvalue weighted by atomic mass is 16.5. The van der Waals surface area contributed by atoms with Crippen molar-refractivity contribution in [3.05, 3.63) is 35.4 Å². The predicted molar refractivity (Wildman–Crippen MR) is 92.9 cm³/mol. The lowest BCUT2D eigenvalue weighted by atomic mass is 9.99. The Morgan fingerprint density at radius 3 is 2.10 bits per heavy atom. The molecule has 0 aliphatic carbocycles. The van der Waals surface area contributed by atoms with Gasteiger partial charge in [0.15, 0.2) is 0 Å². The summed E-state index contributed by atoms with van der Waals surface area (Å²) in [7, 11) is 1.68. The number of ether oxygens (including phenoxy) is 1. The molecule has 21 heavy (non-hydrogen) atoms. The van der Waals surface area contributed by atoms with Gasteiger partial charge < -0.3 is 9.84 Å². The number of benzene rings is 1. The molecule has 2 heteroatoms. The Kier molecular flexibility index (Phi) is 9.81. The smallest absolute Gasteiger partial charge is 0.126 e. The minimum absolute atomic E-state index is 0.169. The molecule has 0 bridgehead atoms. The third kappa shape index (κ3) is 8.56. The summed E-state index contributed by atoms with van der Waals surface area (Å²) in [4.78, 5) is 0. The van der Waals surface area contributed by atoms with E-state index < -0.39 is 0 Å². The van der Waals surface area contributed by atoms with Gasteiger partial charge in [-0.1, -0.05) is 59.8 Å². The lowest BCUT2D eigenvalue weighted by molar-refractivity contribution is 0.262. The fourth-order valence-electron chi connectivity index (χ4n) is 1.57. The van der Waals surface area contributed by atoms with Crippen LogP contribution in [0, 0.1) is 11.8 Å². The second kappa shape index (κ2) is 10.4. The summed E-state index contributed by atoms with van der Waals surface area (Å²) in [5.41, 5.74) is 2.36. The summed E-state index contributed by atoms with van der Waals surface area (Å²) in [5, 5.41) is 9.00. The Labute approximate surface area is 130 Å². The second-order valence-corrected chi connectivity index (χ2v) is 6.41. The van der Waals surface area contributed by atoms with Gasteiger partial charge in [0.25, 0.3) is 0 Å². The zero-order chi connectivity index (χ0) is 16.4. The summed E-state index contributed by atoms with van der Waals surface area (Å²) in [6, 6.07) is 6.24. The van der Waals surface area contributed by atoms with Crippen LogP contribution in [-0.2, 0) is 0 Å². The highest BCUT2D eigenvalue weighted by Gasteiger charge is 2.05. The maximum atomic E-state index is 9.00. The number of hydrogen-bond acceptors (Lipinski definition) is 2. The molecule has 0 aliphatic heterocycles. The molecule has 0 aromatic heterocycles. The summed E-state index contributed by atoms with van der Waals surface area (Å²) in [6.07, 6.45) is 4.02. The third-order valence-corrected chi connectivity index (χ3v) is 2.81. The van der Waals surface area contributed by atoms with Gasteiger partial charge in [-0.15, -0.1) is 0 Å². The van der Waals surface area contributed by atoms with Crippen LogP contribution in [0.4, 0.5) is 0 Å². The molecule has 0 heterocycles. The summed E-state index contributed by atoms with van der Waals surface area (Å²) >= 11 is 0. The topological polar surface area (TPSA) is 29.5 Å². The normalized spacial score (nSPS) is 12.5. The maximum Gasteiger partial charge on any atom is 0.126 e. The van der Waals surface area contributed by atoms with Gasteiger partial charge in [0.1, 0.15) is 5.75 Å². The van der Waals surface area contributed by atoms with Gasteiger partial charge in [0.05, 0.1) is 7.11 Å². The van der Waals surface area contributed by atoms with E-state index in [0.717, 1.165) is 17.2 Å². The first-order valence-electron chi connectivity index (χ1n) is 7.78. The van der Waals surface area contributed by atoms with Gasteiger partial charge in [-0.05, 0) is 35.4 Å². The summed E-state index contributed by atoms with van der Waals surface area (Å²) < 4.78 is 5.33. The van der Waals surface area contributed by atoms with Crippen molar-refractivity contribution in [1.29, 1.82) is 0 Å². The van der Waals surface area contributed by atoms with E-state index in [4.69, 9.17) is 9.84 Å². The monoisotopic (exact) mass is 292 g/mol. The van der Waals surface area contributed by atoms with Crippen LogP contribution in [0.5, 0.6) is 5.75 Å². The Hall–Kier alpha value is -1.28. The number of methoxy groups -OCH3 is 1. The van der Waals surface area contributed by atoms with Gasteiger partial charge in [-0.25, -0.2) is 0 Å². The Morgan fingerprint density at radius 1 is 1.10 bits per heavy atom. The fourth-order valence-corrected chi connectivity index (χ4v) is 1.57. The summed E-state index contributed by atoms with van der Waals surface area (Å²) in [5.74, 6) is 2.38. The van der Waals surface area contributed by atoms with Crippen molar-refractivity contribution >= 4 is 6.08 Å². The Bertz CT molecular complexity index is 417. The van der Waals surface area contributed by atoms with E-state index in [9.17, 15) is 0 Å². The van der Waals surface area contributed by atoms with Crippen LogP contribution < -0.4 is 4.74 Å². The average molecular weight is 292 g/mol. The largest absolute Gasteiger partial charge is 0.496 e. The molecule has 1 aromatic carbocycles. The van der Waals surface area contributed by atoms with Crippen LogP contribution in [0.15, 0.2) is 24.3 Å². The minimum atomic E-state index is 0.169. The van der Waals surface area contributed by atoms with Crippen molar-refractivity contribution in [1.82, 2.24) is 0 Å². The molecule has 0 radical (unpaired) electrons. The lowest BCUT2D eigenvalue weighted by Crippen LogP contribution is -1.96. The van der Waals surface area contributed by atoms with E-state index in [1.54, 1.807) is 7.11 Å². The van der Waals surface area contributed by atoms with Gasteiger partial charge in [-0.2, -0.15) is 0 Å². The van der Waals surface area contributed by atoms with Gasteiger partial charge >= 0.3 is 0 Å². The zero-order valence-electron chi connectivity index (χ0n) is 14.7. The molecule has 0 saturated carbocycles. The third-order valence-electron chi connectivity index (χ3n) is 2.81. The first kappa shape index (κ1) is 19.7. The van der Waals surface area contributed by atoms with Gasteiger partial charge in [0, 0.05) is 12.2 Å². The molecule has 120 valence electrons. The van der Waals surface area contributed by atoms with Crippen molar-refractivity contribution in [3.8, 4) is 5.75 Å². The van der Waals surface area contributed by atoms with Crippen molar-refractivity contribution in [2.75, 3.05) is 13.7 Å². The number of aliphatic hydroxyl groups is 1. The van der Waals surface area contributed by atoms with Gasteiger partial charge in [0.2, 0.25) is 0 Å². The maximum absolute atomic E-state index is 9.00. The molecule has 1 aromatic rings. The van der Waals surface area contributed by atoms with Crippen molar-refractivity contribution < 1.29 is 9.84 Å². The van der Waals surface area contributed by atoms with Crippen molar-refractivity contribution in [2.24, 2.45) is 11.8 Å². The van der Waals surface area contributed by atoms with Crippen LogP contribution in [0.3, 0.4) is 0 Å². The average Bonchev–Trinajstić information content (AvgIpc) is 2.43. The van der Waals surface area contributed by atoms with Crippen molar-refractivity contribution in [2.45, 2.75) is 47.5 Å². The molecule has 1 atom stereocenters. The van der Waals surface area contributed by atoms with E-state index in [-0.39, 0.29) is 12.5 Å². The number of hydrogen-bond donors (Lipinski definition) is 1. The molecule has 0 saturated heterocycles. The minimum Gasteiger partial charge on any atom is -0.496 e. The molecule has 2 nitrogen and oxygen atoms in total. The molecule has 1 N–H and O–H groups in total. The van der Waals surface area contributed by atoms with E-state index in [2.05, 4.69) is 46.8 Å². The van der Waals surface area contributed by atoms with Crippen LogP contribution in [0.2, 0.25) is 0 Å². The zero-order valence-corrected chi connectivity index (χ0v) is 14.7. The van der Waals surface area contributed by atoms with E-state index >= 15 is 0 Å². The van der Waals surface area contributed by atoms with E-state index in [0.29, 0.717) is 5.92 Å². The molecular formula is C19H32O2. The Balaban J connectivity index is 0.000000885. The molecule has 0 spiro atoms. The van der Waals surface area contributed by atoms with Crippen LogP contribution in [0.1, 0.15) is 58.6 Å². The van der Waals surface area contributed by atoms with Gasteiger partial charge in [-0.3, -0.25) is 0 Å². The molecule has 0 fully saturated rings. The first-order chi connectivity index (χ1) is 9.81. The second-order valence-electron chi connectivity index (χ2n) is 6.41. The number of rotatable bonds is 5. The highest BCUT2D eigenvalue weighted by molar-refractivity contribution is 5.59. The first-order valence-corrected chi connectivity index (χ1v) is 7.78. The van der Waals surface area contributed by atoms with Crippen LogP contribution >= 0.6 is 0 Å². The van der Waals surface area contributed by atoms with Crippen molar-refractivity contribution in [3.63, 3.8) is 0 Å². The van der Waals surface area contributed by atoms with Crippen LogP contribution in [-0.4, -0.2) is 18.8 Å². The molecular weight excluding hydrogens is 260 g/mol. The SMILES string of the molecule is CC(C)C.COc1ccc(C(C)C)cc1/C=C/[C@H](C)CO. The fraction of sp³-hybridized carbons (Fsp3) is 0.579. The van der Waals surface area contributed by atoms with E-state index in [1.807, 2.05) is 25.1 Å². The lowest BCUT2D eigenvalue weighted by Gasteiger charge is -2.10.